The van der Waals surface area contributed by atoms with Crippen LogP contribution in [0.5, 0.6) is 0 Å². The van der Waals surface area contributed by atoms with E-state index in [-0.39, 0.29) is 11.5 Å². The number of hydrogen-bond donors (Lipinski definition) is 0. The molecule has 1 aliphatic carbocycles. The molecule has 1 aromatic rings. The van der Waals surface area contributed by atoms with Crippen molar-refractivity contribution in [3.05, 3.63) is 35.4 Å². The van der Waals surface area contributed by atoms with Gasteiger partial charge in [-0.25, -0.2) is 4.79 Å². The molecule has 2 fully saturated rings. The van der Waals surface area contributed by atoms with E-state index in [1.165, 1.54) is 5.56 Å². The summed E-state index contributed by atoms with van der Waals surface area (Å²) in [6.45, 7) is 7.14. The minimum Gasteiger partial charge on any atom is -0.444 e. The molecular weight excluding hydrogens is 278 g/mol. The molecular formula is C18H23NO3. The molecule has 2 unspecified atom stereocenters. The number of rotatable bonds is 2. The molecule has 2 aliphatic rings. The van der Waals surface area contributed by atoms with Crippen molar-refractivity contribution in [3.63, 3.8) is 0 Å². The molecule has 4 nitrogen and oxygen atoms in total. The van der Waals surface area contributed by atoms with Gasteiger partial charge in [-0.3, -0.25) is 4.79 Å². The van der Waals surface area contributed by atoms with Gasteiger partial charge in [-0.15, -0.1) is 0 Å². The summed E-state index contributed by atoms with van der Waals surface area (Å²) in [5, 5.41) is 0. The summed E-state index contributed by atoms with van der Waals surface area (Å²) in [5.74, 6) is 0.482. The molecule has 0 aromatic heterocycles. The van der Waals surface area contributed by atoms with Gasteiger partial charge < -0.3 is 9.64 Å². The molecule has 3 rings (SSSR count). The van der Waals surface area contributed by atoms with Crippen molar-refractivity contribution in [2.75, 3.05) is 13.1 Å². The average molecular weight is 301 g/mol. The summed E-state index contributed by atoms with van der Waals surface area (Å²) in [6.07, 6.45) is 2.72. The van der Waals surface area contributed by atoms with Crippen LogP contribution in [-0.4, -0.2) is 36.0 Å². The van der Waals surface area contributed by atoms with Gasteiger partial charge in [-0.1, -0.05) is 18.2 Å². The summed E-state index contributed by atoms with van der Waals surface area (Å²) < 4.78 is 5.46. The quantitative estimate of drug-likeness (QED) is 0.787. The van der Waals surface area contributed by atoms with E-state index in [1.807, 2.05) is 43.9 Å². The van der Waals surface area contributed by atoms with Crippen LogP contribution in [0.15, 0.2) is 24.3 Å². The van der Waals surface area contributed by atoms with E-state index in [1.54, 1.807) is 0 Å². The molecule has 1 saturated heterocycles. The Morgan fingerprint density at radius 1 is 1.41 bits per heavy atom. The van der Waals surface area contributed by atoms with Gasteiger partial charge in [-0.05, 0) is 51.2 Å². The van der Waals surface area contributed by atoms with E-state index < -0.39 is 5.60 Å². The largest absolute Gasteiger partial charge is 0.444 e. The zero-order valence-electron chi connectivity index (χ0n) is 13.5. The number of likely N-dealkylation sites (tertiary alicyclic amines) is 1. The Morgan fingerprint density at radius 2 is 2.18 bits per heavy atom. The zero-order valence-corrected chi connectivity index (χ0v) is 13.5. The first-order valence-electron chi connectivity index (χ1n) is 7.88. The number of fused-ring (bicyclic) bond motifs is 1. The lowest BCUT2D eigenvalue weighted by Gasteiger charge is -2.33. The van der Waals surface area contributed by atoms with Gasteiger partial charge in [0, 0.05) is 24.1 Å². The molecule has 1 heterocycles. The van der Waals surface area contributed by atoms with Crippen molar-refractivity contribution in [1.29, 1.82) is 0 Å². The van der Waals surface area contributed by atoms with Gasteiger partial charge >= 0.3 is 6.09 Å². The second-order valence-electron chi connectivity index (χ2n) is 7.48. The Balaban J connectivity index is 1.69. The number of carbonyl (C=O) groups is 2. The lowest BCUT2D eigenvalue weighted by Crippen LogP contribution is -2.43. The molecule has 0 bridgehead atoms. The number of hydrogen-bond acceptors (Lipinski definition) is 3. The van der Waals surface area contributed by atoms with E-state index in [4.69, 9.17) is 4.74 Å². The molecule has 0 N–H and O–H groups in total. The highest BCUT2D eigenvalue weighted by Crippen LogP contribution is 2.59. The number of ether oxygens (including phenoxy) is 1. The standard InChI is InChI=1S/C18H23NO3/c1-17(2,3)22-16(21)19-8-7-18(10-15(18)11-19)14-6-4-5-13(9-14)12-20/h4-6,9,12,15H,7-8,10-11H2,1-3H3. The number of nitrogens with zero attached hydrogens (tertiary/aromatic N) is 1. The summed E-state index contributed by atoms with van der Waals surface area (Å²) in [6, 6.07) is 7.88. The Hall–Kier alpha value is -1.84. The average Bonchev–Trinajstić information content (AvgIpc) is 3.20. The number of piperidine rings is 1. The normalized spacial score (nSPS) is 27.0. The van der Waals surface area contributed by atoms with Gasteiger partial charge in [0.2, 0.25) is 0 Å². The van der Waals surface area contributed by atoms with Gasteiger partial charge in [0.15, 0.2) is 0 Å². The van der Waals surface area contributed by atoms with Crippen molar-refractivity contribution < 1.29 is 14.3 Å². The molecule has 0 spiro atoms. The molecule has 2 atom stereocenters. The van der Waals surface area contributed by atoms with Crippen LogP contribution in [0.25, 0.3) is 0 Å². The summed E-state index contributed by atoms with van der Waals surface area (Å²) >= 11 is 0. The molecule has 1 aromatic carbocycles. The number of amides is 1. The van der Waals surface area contributed by atoms with Gasteiger partial charge in [0.1, 0.15) is 11.9 Å². The predicted molar refractivity (Wildman–Crippen MR) is 84.0 cm³/mol. The first-order chi connectivity index (χ1) is 10.3. The molecule has 1 saturated carbocycles. The van der Waals surface area contributed by atoms with Crippen LogP contribution in [0.2, 0.25) is 0 Å². The van der Waals surface area contributed by atoms with Gasteiger partial charge in [-0.2, -0.15) is 0 Å². The fraction of sp³-hybridized carbons (Fsp3) is 0.556. The van der Waals surface area contributed by atoms with Crippen LogP contribution in [0, 0.1) is 5.92 Å². The highest BCUT2D eigenvalue weighted by atomic mass is 16.6. The molecule has 1 amide bonds. The molecule has 22 heavy (non-hydrogen) atoms. The fourth-order valence-corrected chi connectivity index (χ4v) is 3.53. The maximum absolute atomic E-state index is 12.2. The Kier molecular flexibility index (Phi) is 3.50. The topological polar surface area (TPSA) is 46.6 Å². The summed E-state index contributed by atoms with van der Waals surface area (Å²) in [7, 11) is 0. The summed E-state index contributed by atoms with van der Waals surface area (Å²) in [4.78, 5) is 25.0. The third-order valence-electron chi connectivity index (χ3n) is 4.75. The molecule has 118 valence electrons. The van der Waals surface area contributed by atoms with Crippen molar-refractivity contribution in [2.24, 2.45) is 5.92 Å². The van der Waals surface area contributed by atoms with Crippen molar-refractivity contribution in [1.82, 2.24) is 4.90 Å². The van der Waals surface area contributed by atoms with Crippen LogP contribution >= 0.6 is 0 Å². The van der Waals surface area contributed by atoms with Crippen LogP contribution in [0.1, 0.15) is 49.5 Å². The number of aldehydes is 1. The van der Waals surface area contributed by atoms with E-state index in [9.17, 15) is 9.59 Å². The zero-order chi connectivity index (χ0) is 16.0. The lowest BCUT2D eigenvalue weighted by molar-refractivity contribution is 0.0199. The number of carbonyl (C=O) groups excluding carboxylic acids is 2. The molecule has 0 radical (unpaired) electrons. The molecule has 1 aliphatic heterocycles. The third-order valence-corrected chi connectivity index (χ3v) is 4.75. The third kappa shape index (κ3) is 2.74. The van der Waals surface area contributed by atoms with Gasteiger partial charge in [0.25, 0.3) is 0 Å². The first kappa shape index (κ1) is 15.1. The minimum atomic E-state index is -0.451. The van der Waals surface area contributed by atoms with Crippen molar-refractivity contribution in [2.45, 2.75) is 44.6 Å². The SMILES string of the molecule is CC(C)(C)OC(=O)N1CCC2(c3cccc(C=O)c3)CC2C1. The highest BCUT2D eigenvalue weighted by Gasteiger charge is 2.58. The number of benzene rings is 1. The first-order valence-corrected chi connectivity index (χ1v) is 7.88. The Labute approximate surface area is 131 Å². The van der Waals surface area contributed by atoms with Crippen LogP contribution < -0.4 is 0 Å². The van der Waals surface area contributed by atoms with Crippen molar-refractivity contribution in [3.8, 4) is 0 Å². The van der Waals surface area contributed by atoms with Crippen LogP contribution in [0.4, 0.5) is 4.79 Å². The maximum Gasteiger partial charge on any atom is 0.410 e. The predicted octanol–water partition coefficient (Wildman–Crippen LogP) is 3.40. The second kappa shape index (κ2) is 5.11. The van der Waals surface area contributed by atoms with E-state index in [2.05, 4.69) is 6.07 Å². The minimum absolute atomic E-state index is 0.164. The second-order valence-corrected chi connectivity index (χ2v) is 7.48. The monoisotopic (exact) mass is 301 g/mol. The van der Waals surface area contributed by atoms with E-state index in [0.717, 1.165) is 37.8 Å². The highest BCUT2D eigenvalue weighted by molar-refractivity contribution is 5.75. The Bertz CT molecular complexity index is 605. The van der Waals surface area contributed by atoms with Crippen LogP contribution in [-0.2, 0) is 10.2 Å². The summed E-state index contributed by atoms with van der Waals surface area (Å²) in [5.41, 5.74) is 1.68. The van der Waals surface area contributed by atoms with E-state index >= 15 is 0 Å². The smallest absolute Gasteiger partial charge is 0.410 e. The van der Waals surface area contributed by atoms with E-state index in [0.29, 0.717) is 5.92 Å². The van der Waals surface area contributed by atoms with Crippen molar-refractivity contribution >= 4 is 12.4 Å². The fourth-order valence-electron chi connectivity index (χ4n) is 3.53. The van der Waals surface area contributed by atoms with Gasteiger partial charge in [0.05, 0.1) is 0 Å². The maximum atomic E-state index is 12.2. The Morgan fingerprint density at radius 3 is 2.82 bits per heavy atom. The van der Waals surface area contributed by atoms with Crippen LogP contribution in [0.3, 0.4) is 0 Å². The lowest BCUT2D eigenvalue weighted by atomic mass is 9.86. The molecule has 4 heteroatoms.